The summed E-state index contributed by atoms with van der Waals surface area (Å²) in [7, 11) is 0. The Labute approximate surface area is 159 Å². The molecule has 142 valence electrons. The molecule has 28 heavy (non-hydrogen) atoms. The van der Waals surface area contributed by atoms with Crippen molar-refractivity contribution in [3.63, 3.8) is 0 Å². The second-order valence-corrected chi connectivity index (χ2v) is 6.34. The maximum atomic E-state index is 12.9. The maximum Gasteiger partial charge on any atom is 0.416 e. The fourth-order valence-corrected chi connectivity index (χ4v) is 3.10. The van der Waals surface area contributed by atoms with Gasteiger partial charge in [0.1, 0.15) is 17.3 Å². The van der Waals surface area contributed by atoms with Crippen LogP contribution in [0.3, 0.4) is 0 Å². The smallest absolute Gasteiger partial charge is 0.416 e. The average molecular weight is 384 g/mol. The highest BCUT2D eigenvalue weighted by Crippen LogP contribution is 2.32. The van der Waals surface area contributed by atoms with Gasteiger partial charge in [0.2, 0.25) is 0 Å². The lowest BCUT2D eigenvalue weighted by molar-refractivity contribution is -0.137. The first kappa shape index (κ1) is 18.0. The number of carbonyl (C=O) groups excluding carboxylic acids is 1. The van der Waals surface area contributed by atoms with Gasteiger partial charge >= 0.3 is 6.18 Å². The zero-order valence-corrected chi connectivity index (χ0v) is 14.6. The first-order chi connectivity index (χ1) is 13.4. The van der Waals surface area contributed by atoms with Crippen molar-refractivity contribution in [2.45, 2.75) is 12.6 Å². The summed E-state index contributed by atoms with van der Waals surface area (Å²) in [6, 6.07) is 14.9. The Morgan fingerprint density at radius 2 is 1.71 bits per heavy atom. The molecule has 3 aromatic rings. The van der Waals surface area contributed by atoms with E-state index in [-0.39, 0.29) is 11.7 Å². The van der Waals surface area contributed by atoms with Gasteiger partial charge in [0.25, 0.3) is 5.91 Å². The van der Waals surface area contributed by atoms with Crippen LogP contribution in [0, 0.1) is 0 Å². The molecule has 1 aliphatic heterocycles. The molecular weight excluding hydrogens is 369 g/mol. The summed E-state index contributed by atoms with van der Waals surface area (Å²) in [4.78, 5) is 18.7. The molecule has 1 aliphatic rings. The zero-order chi connectivity index (χ0) is 19.7. The standard InChI is InChI=1S/C21H15F3N2O2/c22-21(23,24)15-5-8-16(9-6-15)28-17-7-4-14-10-12-26(20(27)18(14)13-17)19-3-1-2-11-25-19/h1-9,11,13H,10,12H2. The van der Waals surface area contributed by atoms with Gasteiger partial charge in [-0.05, 0) is 60.5 Å². The van der Waals surface area contributed by atoms with Crippen LogP contribution in [0.5, 0.6) is 11.5 Å². The molecular formula is C21H15F3N2O2. The molecule has 1 amide bonds. The van der Waals surface area contributed by atoms with Crippen molar-refractivity contribution in [1.82, 2.24) is 4.98 Å². The summed E-state index contributed by atoms with van der Waals surface area (Å²) in [5, 5.41) is 0. The maximum absolute atomic E-state index is 12.9. The Bertz CT molecular complexity index is 1000. The number of amides is 1. The number of hydrogen-bond donors (Lipinski definition) is 0. The van der Waals surface area contributed by atoms with Crippen molar-refractivity contribution < 1.29 is 22.7 Å². The summed E-state index contributed by atoms with van der Waals surface area (Å²) < 4.78 is 43.6. The van der Waals surface area contributed by atoms with Gasteiger partial charge in [-0.3, -0.25) is 9.69 Å². The van der Waals surface area contributed by atoms with E-state index < -0.39 is 11.7 Å². The average Bonchev–Trinajstić information content (AvgIpc) is 2.69. The van der Waals surface area contributed by atoms with Gasteiger partial charge in [-0.25, -0.2) is 4.98 Å². The summed E-state index contributed by atoms with van der Waals surface area (Å²) in [5.41, 5.74) is 0.657. The quantitative estimate of drug-likeness (QED) is 0.631. The summed E-state index contributed by atoms with van der Waals surface area (Å²) >= 11 is 0. The van der Waals surface area contributed by atoms with E-state index in [0.29, 0.717) is 30.1 Å². The zero-order valence-electron chi connectivity index (χ0n) is 14.6. The molecule has 0 N–H and O–H groups in total. The third kappa shape index (κ3) is 3.55. The third-order valence-electron chi connectivity index (χ3n) is 4.50. The number of anilines is 1. The van der Waals surface area contributed by atoms with Crippen LogP contribution in [0.4, 0.5) is 19.0 Å². The molecule has 0 atom stereocenters. The van der Waals surface area contributed by atoms with E-state index in [2.05, 4.69) is 4.98 Å². The van der Waals surface area contributed by atoms with Crippen molar-refractivity contribution in [2.24, 2.45) is 0 Å². The number of aromatic nitrogens is 1. The molecule has 2 aromatic carbocycles. The summed E-state index contributed by atoms with van der Waals surface area (Å²) in [6.45, 7) is 0.530. The molecule has 0 radical (unpaired) electrons. The molecule has 0 spiro atoms. The minimum Gasteiger partial charge on any atom is -0.457 e. The number of ether oxygens (including phenoxy) is 1. The van der Waals surface area contributed by atoms with Crippen LogP contribution in [0.2, 0.25) is 0 Å². The van der Waals surface area contributed by atoms with E-state index in [4.69, 9.17) is 4.74 Å². The molecule has 4 rings (SSSR count). The van der Waals surface area contributed by atoms with Crippen molar-refractivity contribution in [1.29, 1.82) is 0 Å². The van der Waals surface area contributed by atoms with Gasteiger partial charge in [0.15, 0.2) is 0 Å². The van der Waals surface area contributed by atoms with Crippen molar-refractivity contribution in [3.05, 3.63) is 83.6 Å². The fraction of sp³-hybridized carbons (Fsp3) is 0.143. The molecule has 4 nitrogen and oxygen atoms in total. The lowest BCUT2D eigenvalue weighted by Gasteiger charge is -2.28. The van der Waals surface area contributed by atoms with E-state index >= 15 is 0 Å². The van der Waals surface area contributed by atoms with E-state index in [9.17, 15) is 18.0 Å². The van der Waals surface area contributed by atoms with E-state index in [1.165, 1.54) is 12.1 Å². The molecule has 1 aromatic heterocycles. The number of benzene rings is 2. The Balaban J connectivity index is 1.57. The fourth-order valence-electron chi connectivity index (χ4n) is 3.10. The number of halogens is 3. The first-order valence-corrected chi connectivity index (χ1v) is 8.63. The second-order valence-electron chi connectivity index (χ2n) is 6.34. The van der Waals surface area contributed by atoms with E-state index in [1.54, 1.807) is 35.4 Å². The highest BCUT2D eigenvalue weighted by atomic mass is 19.4. The molecule has 0 unspecified atom stereocenters. The van der Waals surface area contributed by atoms with Gasteiger partial charge in [0.05, 0.1) is 5.56 Å². The Morgan fingerprint density at radius 3 is 2.39 bits per heavy atom. The Morgan fingerprint density at radius 1 is 0.964 bits per heavy atom. The topological polar surface area (TPSA) is 42.4 Å². The molecule has 0 fully saturated rings. The van der Waals surface area contributed by atoms with E-state index in [0.717, 1.165) is 17.7 Å². The van der Waals surface area contributed by atoms with Crippen LogP contribution in [0.1, 0.15) is 21.5 Å². The molecule has 7 heteroatoms. The highest BCUT2D eigenvalue weighted by Gasteiger charge is 2.30. The van der Waals surface area contributed by atoms with Crippen LogP contribution in [0.15, 0.2) is 66.9 Å². The monoisotopic (exact) mass is 384 g/mol. The number of rotatable bonds is 3. The highest BCUT2D eigenvalue weighted by molar-refractivity contribution is 6.07. The van der Waals surface area contributed by atoms with Crippen LogP contribution >= 0.6 is 0 Å². The number of alkyl halides is 3. The SMILES string of the molecule is O=C1c2cc(Oc3ccc(C(F)(F)F)cc3)ccc2CCN1c1ccccn1. The summed E-state index contributed by atoms with van der Waals surface area (Å²) in [5.74, 6) is 1.04. The van der Waals surface area contributed by atoms with Crippen molar-refractivity contribution >= 4 is 11.7 Å². The Kier molecular flexibility index (Phi) is 4.50. The molecule has 0 aliphatic carbocycles. The molecule has 0 saturated heterocycles. The predicted octanol–water partition coefficient (Wildman–Crippen LogP) is 5.10. The predicted molar refractivity (Wildman–Crippen MR) is 97.6 cm³/mol. The Hall–Kier alpha value is -3.35. The van der Waals surface area contributed by atoms with Crippen LogP contribution in [0.25, 0.3) is 0 Å². The molecule has 0 saturated carbocycles. The molecule has 2 heterocycles. The van der Waals surface area contributed by atoms with Gasteiger partial charge in [-0.1, -0.05) is 12.1 Å². The minimum atomic E-state index is -4.40. The number of nitrogens with zero attached hydrogens (tertiary/aromatic N) is 2. The van der Waals surface area contributed by atoms with E-state index in [1.807, 2.05) is 12.1 Å². The number of carbonyl (C=O) groups is 1. The van der Waals surface area contributed by atoms with Crippen LogP contribution in [-0.4, -0.2) is 17.4 Å². The number of hydrogen-bond acceptors (Lipinski definition) is 3. The first-order valence-electron chi connectivity index (χ1n) is 8.63. The lowest BCUT2D eigenvalue weighted by atomic mass is 9.98. The minimum absolute atomic E-state index is 0.183. The third-order valence-corrected chi connectivity index (χ3v) is 4.50. The normalized spacial score (nSPS) is 14.0. The van der Waals surface area contributed by atoms with Gasteiger partial charge in [0, 0.05) is 18.3 Å². The van der Waals surface area contributed by atoms with Crippen molar-refractivity contribution in [3.8, 4) is 11.5 Å². The van der Waals surface area contributed by atoms with Gasteiger partial charge in [-0.2, -0.15) is 13.2 Å². The lowest BCUT2D eigenvalue weighted by Crippen LogP contribution is -2.38. The largest absolute Gasteiger partial charge is 0.457 e. The molecule has 0 bridgehead atoms. The number of fused-ring (bicyclic) bond motifs is 1. The second kappa shape index (κ2) is 6.99. The van der Waals surface area contributed by atoms with Gasteiger partial charge < -0.3 is 4.74 Å². The van der Waals surface area contributed by atoms with Gasteiger partial charge in [-0.15, -0.1) is 0 Å². The summed E-state index contributed by atoms with van der Waals surface area (Å²) in [6.07, 6.45) is -2.09. The number of pyridine rings is 1. The van der Waals surface area contributed by atoms with Crippen LogP contribution < -0.4 is 9.64 Å². The van der Waals surface area contributed by atoms with Crippen molar-refractivity contribution in [2.75, 3.05) is 11.4 Å². The van der Waals surface area contributed by atoms with Crippen LogP contribution in [-0.2, 0) is 12.6 Å².